The van der Waals surface area contributed by atoms with E-state index in [4.69, 9.17) is 34.5 Å². The Kier molecular flexibility index (Phi) is 8.30. The third-order valence-electron chi connectivity index (χ3n) is 3.93. The molecule has 0 aliphatic rings. The predicted molar refractivity (Wildman–Crippen MR) is 103 cm³/mol. The first kappa shape index (κ1) is 21.9. The number of aromatic nitrogens is 3. The van der Waals surface area contributed by atoms with Crippen LogP contribution in [-0.2, 0) is 45.6 Å². The minimum Gasteiger partial charge on any atom is -0.601 e. The topological polar surface area (TPSA) is 60.3 Å². The largest absolute Gasteiger partial charge is 0.601 e. The number of hydrogen-bond acceptors (Lipinski definition) is 5. The van der Waals surface area contributed by atoms with E-state index in [1.54, 1.807) is 25.7 Å². The normalized spacial score (nSPS) is 10.8. The molecule has 1 radical (unpaired) electrons. The molecule has 0 saturated carbocycles. The molecule has 0 amide bonds. The summed E-state index contributed by atoms with van der Waals surface area (Å²) in [7, 11) is 1.61. The number of methoxy groups -OCH3 is 1. The van der Waals surface area contributed by atoms with Crippen molar-refractivity contribution in [3.8, 4) is 5.75 Å². The van der Waals surface area contributed by atoms with Crippen molar-refractivity contribution in [1.82, 2.24) is 15.2 Å². The standard InChI is InChI=1S/C19H14Cl2N4O.Y/c1-3-22-7-6-13-15-9-24-25-18(12(15)4-5-19(13)26-2)8-14-16(20)10-23-11-17(14)21;/h1,3-5,9-11H,6,8H2,2H3;/q-2;. The maximum absolute atomic E-state index is 6.24. The number of pyridine rings is 1. The molecule has 27 heavy (non-hydrogen) atoms. The van der Waals surface area contributed by atoms with Crippen LogP contribution in [0.15, 0.2) is 41.9 Å². The second-order valence-corrected chi connectivity index (χ2v) is 6.18. The van der Waals surface area contributed by atoms with Crippen LogP contribution in [0.1, 0.15) is 16.8 Å². The average molecular weight is 474 g/mol. The van der Waals surface area contributed by atoms with Gasteiger partial charge in [0, 0.05) is 62.3 Å². The molecule has 3 rings (SSSR count). The Balaban J connectivity index is 0.00000261. The summed E-state index contributed by atoms with van der Waals surface area (Å²) >= 11 is 12.5. The minimum atomic E-state index is 0. The maximum Gasteiger partial charge on any atom is 0.121 e. The quantitative estimate of drug-likeness (QED) is 0.394. The van der Waals surface area contributed by atoms with E-state index in [0.717, 1.165) is 33.3 Å². The van der Waals surface area contributed by atoms with Gasteiger partial charge in [-0.1, -0.05) is 29.6 Å². The molecule has 3 aromatic rings. The molecule has 0 saturated heterocycles. The Bertz CT molecular complexity index is 975. The summed E-state index contributed by atoms with van der Waals surface area (Å²) in [5.41, 5.74) is 2.41. The molecular weight excluding hydrogens is 460 g/mol. The van der Waals surface area contributed by atoms with Crippen molar-refractivity contribution in [3.05, 3.63) is 70.4 Å². The van der Waals surface area contributed by atoms with Gasteiger partial charge in [-0.25, -0.2) is 0 Å². The van der Waals surface area contributed by atoms with E-state index >= 15 is 0 Å². The molecule has 0 aliphatic carbocycles. The summed E-state index contributed by atoms with van der Waals surface area (Å²) < 4.78 is 5.46. The molecule has 2 heterocycles. The van der Waals surface area contributed by atoms with Crippen LogP contribution >= 0.6 is 23.2 Å². The number of hydrogen-bond donors (Lipinski definition) is 0. The van der Waals surface area contributed by atoms with Crippen molar-refractivity contribution < 1.29 is 37.4 Å². The third kappa shape index (κ3) is 4.91. The van der Waals surface area contributed by atoms with E-state index < -0.39 is 0 Å². The molecule has 2 aromatic heterocycles. The van der Waals surface area contributed by atoms with Crippen LogP contribution in [0.25, 0.3) is 10.8 Å². The molecular formula is C19H14Cl2N4OY-2. The van der Waals surface area contributed by atoms with Gasteiger partial charge in [0.15, 0.2) is 0 Å². The van der Waals surface area contributed by atoms with Crippen LogP contribution in [0.5, 0.6) is 5.75 Å². The Morgan fingerprint density at radius 1 is 1.15 bits per heavy atom. The fourth-order valence-electron chi connectivity index (χ4n) is 2.71. The van der Waals surface area contributed by atoms with Crippen molar-refractivity contribution in [2.24, 2.45) is 4.99 Å². The van der Waals surface area contributed by atoms with Crippen molar-refractivity contribution in [2.75, 3.05) is 7.11 Å². The predicted octanol–water partition coefficient (Wildman–Crippen LogP) is 4.37. The molecule has 8 heteroatoms. The van der Waals surface area contributed by atoms with Crippen molar-refractivity contribution in [3.63, 3.8) is 0 Å². The molecule has 0 aliphatic heterocycles. The second-order valence-electron chi connectivity index (χ2n) is 5.37. The zero-order valence-electron chi connectivity index (χ0n) is 14.5. The van der Waals surface area contributed by atoms with Gasteiger partial charge in [0.25, 0.3) is 0 Å². The van der Waals surface area contributed by atoms with Crippen LogP contribution in [0.2, 0.25) is 10.0 Å². The third-order valence-corrected chi connectivity index (χ3v) is 4.58. The van der Waals surface area contributed by atoms with Gasteiger partial charge in [-0.15, -0.1) is 0 Å². The molecule has 0 atom stereocenters. The molecule has 135 valence electrons. The summed E-state index contributed by atoms with van der Waals surface area (Å²) in [4.78, 5) is 7.81. The van der Waals surface area contributed by atoms with Crippen LogP contribution in [0.4, 0.5) is 0 Å². The molecule has 0 fully saturated rings. The molecule has 0 unspecified atom stereocenters. The SMILES string of the molecule is [CH-]=CN=[C-]Cc1c(OC)ccc2c(Cc3c(Cl)cncc3Cl)nncc12.[Y]. The molecule has 0 spiro atoms. The minimum absolute atomic E-state index is 0. The number of ether oxygens (including phenoxy) is 1. The number of nitrogens with zero attached hydrogens (tertiary/aromatic N) is 4. The van der Waals surface area contributed by atoms with Gasteiger partial charge in [-0.05, 0) is 23.3 Å². The van der Waals surface area contributed by atoms with Crippen molar-refractivity contribution in [1.29, 1.82) is 0 Å². The molecule has 0 bridgehead atoms. The smallest absolute Gasteiger partial charge is 0.121 e. The van der Waals surface area contributed by atoms with Crippen LogP contribution < -0.4 is 4.74 Å². The molecule has 0 N–H and O–H groups in total. The Hall–Kier alpha value is -1.40. The summed E-state index contributed by atoms with van der Waals surface area (Å²) in [5.74, 6) is 0.719. The fourth-order valence-corrected chi connectivity index (χ4v) is 3.21. The van der Waals surface area contributed by atoms with Gasteiger partial charge in [0.1, 0.15) is 5.75 Å². The Labute approximate surface area is 192 Å². The van der Waals surface area contributed by atoms with E-state index in [0.29, 0.717) is 22.9 Å². The Morgan fingerprint density at radius 3 is 2.56 bits per heavy atom. The Morgan fingerprint density at radius 2 is 1.89 bits per heavy atom. The van der Waals surface area contributed by atoms with Crippen molar-refractivity contribution in [2.45, 2.75) is 12.8 Å². The van der Waals surface area contributed by atoms with Gasteiger partial charge in [-0.3, -0.25) is 4.98 Å². The number of rotatable bonds is 6. The monoisotopic (exact) mass is 473 g/mol. The molecule has 5 nitrogen and oxygen atoms in total. The van der Waals surface area contributed by atoms with E-state index in [2.05, 4.69) is 26.4 Å². The molecule has 1 aromatic carbocycles. The number of benzene rings is 1. The van der Waals surface area contributed by atoms with Crippen molar-refractivity contribution >= 4 is 40.2 Å². The van der Waals surface area contributed by atoms with Gasteiger partial charge in [0.2, 0.25) is 0 Å². The van der Waals surface area contributed by atoms with Gasteiger partial charge in [-0.2, -0.15) is 16.4 Å². The van der Waals surface area contributed by atoms with Gasteiger partial charge < -0.3 is 22.5 Å². The van der Waals surface area contributed by atoms with E-state index in [1.807, 2.05) is 12.1 Å². The number of halogens is 2. The van der Waals surface area contributed by atoms with Crippen LogP contribution in [0.3, 0.4) is 0 Å². The van der Waals surface area contributed by atoms with E-state index in [9.17, 15) is 0 Å². The van der Waals surface area contributed by atoms with E-state index in [-0.39, 0.29) is 32.7 Å². The number of fused-ring (bicyclic) bond motifs is 1. The zero-order chi connectivity index (χ0) is 18.5. The van der Waals surface area contributed by atoms with Gasteiger partial charge >= 0.3 is 0 Å². The summed E-state index contributed by atoms with van der Waals surface area (Å²) in [6.45, 7) is 5.28. The van der Waals surface area contributed by atoms with Crippen LogP contribution in [0, 0.1) is 6.58 Å². The van der Waals surface area contributed by atoms with E-state index in [1.165, 1.54) is 6.20 Å². The second kappa shape index (κ2) is 10.2. The van der Waals surface area contributed by atoms with Gasteiger partial charge in [0.05, 0.1) is 29.0 Å². The fraction of sp³-hybridized carbons (Fsp3) is 0.158. The zero-order valence-corrected chi connectivity index (χ0v) is 18.8. The average Bonchev–Trinajstić information content (AvgIpc) is 2.65. The van der Waals surface area contributed by atoms with Crippen LogP contribution in [-0.4, -0.2) is 28.5 Å². The number of aliphatic imine (C=N–C) groups is 1. The summed E-state index contributed by atoms with van der Waals surface area (Å²) in [6.07, 6.45) is 9.74. The maximum atomic E-state index is 6.24. The first-order valence-electron chi connectivity index (χ1n) is 7.69. The first-order valence-corrected chi connectivity index (χ1v) is 8.45. The first-order chi connectivity index (χ1) is 12.7. The summed E-state index contributed by atoms with van der Waals surface area (Å²) in [6, 6.07) is 3.82. The summed E-state index contributed by atoms with van der Waals surface area (Å²) in [5, 5.41) is 11.2.